The van der Waals surface area contributed by atoms with Crippen LogP contribution in [-0.2, 0) is 13.0 Å². The molecule has 8 nitrogen and oxygen atoms in total. The highest BCUT2D eigenvalue weighted by Gasteiger charge is 2.15. The number of aryl methyl sites for hydroxylation is 1. The summed E-state index contributed by atoms with van der Waals surface area (Å²) < 4.78 is 12.8. The van der Waals surface area contributed by atoms with Crippen LogP contribution in [0.25, 0.3) is 16.2 Å². The lowest BCUT2D eigenvalue weighted by Gasteiger charge is -2.19. The molecule has 4 heterocycles. The minimum Gasteiger partial charge on any atom is -0.486 e. The van der Waals surface area contributed by atoms with Gasteiger partial charge in [-0.1, -0.05) is 13.0 Å². The maximum absolute atomic E-state index is 5.68. The minimum absolute atomic E-state index is 0.499. The van der Waals surface area contributed by atoms with Crippen LogP contribution in [0.1, 0.15) is 17.4 Å². The van der Waals surface area contributed by atoms with E-state index in [1.54, 1.807) is 22.3 Å². The van der Waals surface area contributed by atoms with Crippen LogP contribution in [0, 0.1) is 0 Å². The summed E-state index contributed by atoms with van der Waals surface area (Å²) >= 11 is 1.67. The lowest BCUT2D eigenvalue weighted by atomic mass is 10.2. The van der Waals surface area contributed by atoms with E-state index in [2.05, 4.69) is 38.4 Å². The number of hydrogen-bond acceptors (Lipinski definition) is 8. The van der Waals surface area contributed by atoms with E-state index >= 15 is 0 Å². The second kappa shape index (κ2) is 7.08. The number of fused-ring (bicyclic) bond motifs is 2. The average molecular weight is 394 g/mol. The highest BCUT2D eigenvalue weighted by atomic mass is 32.1. The van der Waals surface area contributed by atoms with Crippen molar-refractivity contribution in [2.75, 3.05) is 18.5 Å². The van der Waals surface area contributed by atoms with Crippen molar-refractivity contribution in [1.29, 1.82) is 0 Å². The van der Waals surface area contributed by atoms with Crippen molar-refractivity contribution in [3.05, 3.63) is 47.4 Å². The smallest absolute Gasteiger partial charge is 0.255 e. The molecule has 1 aromatic carbocycles. The van der Waals surface area contributed by atoms with Gasteiger partial charge in [0.05, 0.1) is 5.39 Å². The number of nitrogens with zero attached hydrogens (tertiary/aromatic N) is 5. The summed E-state index contributed by atoms with van der Waals surface area (Å²) in [7, 11) is 0. The Hall–Kier alpha value is -3.20. The predicted octanol–water partition coefficient (Wildman–Crippen LogP) is 3.22. The molecule has 0 bridgehead atoms. The number of nitrogens with one attached hydrogen (secondary N) is 1. The molecule has 0 radical (unpaired) electrons. The number of anilines is 1. The van der Waals surface area contributed by atoms with Gasteiger partial charge in [0.1, 0.15) is 36.5 Å². The first-order chi connectivity index (χ1) is 13.8. The van der Waals surface area contributed by atoms with Gasteiger partial charge in [0.15, 0.2) is 11.5 Å². The molecule has 0 saturated carbocycles. The average Bonchev–Trinajstić information content (AvgIpc) is 3.41. The van der Waals surface area contributed by atoms with Crippen LogP contribution >= 0.6 is 11.3 Å². The van der Waals surface area contributed by atoms with E-state index in [0.29, 0.717) is 25.7 Å². The Labute approximate surface area is 165 Å². The van der Waals surface area contributed by atoms with E-state index < -0.39 is 0 Å². The third-order valence-corrected chi connectivity index (χ3v) is 5.64. The van der Waals surface area contributed by atoms with Gasteiger partial charge < -0.3 is 14.8 Å². The standard InChI is InChI=1S/C19H18N6O2S/c1-2-13-8-14-17(23-19(24-18(14)28-13)25-11-20-10-22-25)21-9-12-3-4-15-16(7-12)27-6-5-26-15/h3-4,7-8,10-11H,2,5-6,9H2,1H3,(H,21,23,24). The molecule has 9 heteroatoms. The Kier molecular flexibility index (Phi) is 4.28. The Morgan fingerprint density at radius 3 is 2.86 bits per heavy atom. The van der Waals surface area contributed by atoms with Gasteiger partial charge in [0.25, 0.3) is 5.95 Å². The van der Waals surface area contributed by atoms with Gasteiger partial charge >= 0.3 is 0 Å². The van der Waals surface area contributed by atoms with Crippen LogP contribution in [0.5, 0.6) is 11.5 Å². The first kappa shape index (κ1) is 16.9. The fourth-order valence-electron chi connectivity index (χ4n) is 3.07. The third kappa shape index (κ3) is 3.13. The first-order valence-corrected chi connectivity index (χ1v) is 9.89. The molecule has 0 spiro atoms. The van der Waals surface area contributed by atoms with Crippen molar-refractivity contribution in [1.82, 2.24) is 24.7 Å². The third-order valence-electron chi connectivity index (χ3n) is 4.47. The second-order valence-corrected chi connectivity index (χ2v) is 7.44. The Bertz CT molecular complexity index is 1130. The number of rotatable bonds is 5. The largest absolute Gasteiger partial charge is 0.486 e. The van der Waals surface area contributed by atoms with E-state index in [1.165, 1.54) is 11.2 Å². The zero-order valence-corrected chi connectivity index (χ0v) is 16.1. The lowest BCUT2D eigenvalue weighted by molar-refractivity contribution is 0.171. The van der Waals surface area contributed by atoms with E-state index in [1.807, 2.05) is 18.2 Å². The molecule has 1 N–H and O–H groups in total. The van der Waals surface area contributed by atoms with Gasteiger partial charge in [0, 0.05) is 11.4 Å². The Morgan fingerprint density at radius 2 is 2.04 bits per heavy atom. The number of ether oxygens (including phenoxy) is 2. The molecule has 0 unspecified atom stereocenters. The van der Waals surface area contributed by atoms with Crippen molar-refractivity contribution >= 4 is 27.4 Å². The monoisotopic (exact) mass is 394 g/mol. The van der Waals surface area contributed by atoms with E-state index in [9.17, 15) is 0 Å². The summed E-state index contributed by atoms with van der Waals surface area (Å²) in [5, 5.41) is 8.62. The Balaban J connectivity index is 1.48. The van der Waals surface area contributed by atoms with Crippen LogP contribution in [0.15, 0.2) is 36.9 Å². The molecule has 1 aliphatic rings. The highest BCUT2D eigenvalue weighted by molar-refractivity contribution is 7.18. The second-order valence-electron chi connectivity index (χ2n) is 6.33. The normalized spacial score (nSPS) is 13.0. The topological polar surface area (TPSA) is 87.0 Å². The van der Waals surface area contributed by atoms with E-state index in [-0.39, 0.29) is 0 Å². The summed E-state index contributed by atoms with van der Waals surface area (Å²) in [5.74, 6) is 2.85. The van der Waals surface area contributed by atoms with Gasteiger partial charge in [-0.25, -0.2) is 4.98 Å². The Morgan fingerprint density at radius 1 is 1.14 bits per heavy atom. The summed E-state index contributed by atoms with van der Waals surface area (Å²) in [6.07, 6.45) is 4.03. The molecule has 1 aliphatic heterocycles. The zero-order valence-electron chi connectivity index (χ0n) is 15.3. The van der Waals surface area contributed by atoms with E-state index in [4.69, 9.17) is 9.47 Å². The van der Waals surface area contributed by atoms with Crippen LogP contribution in [0.3, 0.4) is 0 Å². The molecule has 0 amide bonds. The van der Waals surface area contributed by atoms with Crippen molar-refractivity contribution in [2.45, 2.75) is 19.9 Å². The number of hydrogen-bond donors (Lipinski definition) is 1. The maximum Gasteiger partial charge on any atom is 0.255 e. The molecule has 4 aromatic rings. The van der Waals surface area contributed by atoms with Gasteiger partial charge in [0.2, 0.25) is 0 Å². The molecule has 0 atom stereocenters. The summed E-state index contributed by atoms with van der Waals surface area (Å²) in [6.45, 7) is 3.91. The lowest BCUT2D eigenvalue weighted by Crippen LogP contribution is -2.15. The molecule has 5 rings (SSSR count). The maximum atomic E-state index is 5.68. The molecule has 142 valence electrons. The fraction of sp³-hybridized carbons (Fsp3) is 0.263. The summed E-state index contributed by atoms with van der Waals surface area (Å²) in [4.78, 5) is 15.5. The van der Waals surface area contributed by atoms with Crippen molar-refractivity contribution in [3.63, 3.8) is 0 Å². The fourth-order valence-corrected chi connectivity index (χ4v) is 4.03. The SMILES string of the molecule is CCc1cc2c(NCc3ccc4c(c3)OCCO4)nc(-n3cncn3)nc2s1. The number of aromatic nitrogens is 5. The van der Waals surface area contributed by atoms with Gasteiger partial charge in [-0.2, -0.15) is 19.7 Å². The molecule has 0 fully saturated rings. The molecular weight excluding hydrogens is 376 g/mol. The quantitative estimate of drug-likeness (QED) is 0.556. The molecular formula is C19H18N6O2S. The van der Waals surface area contributed by atoms with E-state index in [0.717, 1.165) is 39.5 Å². The van der Waals surface area contributed by atoms with Gasteiger partial charge in [-0.3, -0.25) is 0 Å². The zero-order chi connectivity index (χ0) is 18.9. The first-order valence-electron chi connectivity index (χ1n) is 9.08. The molecule has 28 heavy (non-hydrogen) atoms. The summed E-state index contributed by atoms with van der Waals surface area (Å²) in [6, 6.07) is 8.13. The molecule has 0 aliphatic carbocycles. The molecule has 0 saturated heterocycles. The van der Waals surface area contributed by atoms with Gasteiger partial charge in [-0.15, -0.1) is 11.3 Å². The van der Waals surface area contributed by atoms with Crippen LogP contribution < -0.4 is 14.8 Å². The number of benzene rings is 1. The molecule has 3 aromatic heterocycles. The van der Waals surface area contributed by atoms with Crippen LogP contribution in [0.4, 0.5) is 5.82 Å². The minimum atomic E-state index is 0.499. The highest BCUT2D eigenvalue weighted by Crippen LogP contribution is 2.32. The van der Waals surface area contributed by atoms with Crippen LogP contribution in [-0.4, -0.2) is 37.9 Å². The van der Waals surface area contributed by atoms with Crippen LogP contribution in [0.2, 0.25) is 0 Å². The van der Waals surface area contributed by atoms with Crippen molar-refractivity contribution < 1.29 is 9.47 Å². The van der Waals surface area contributed by atoms with Crippen molar-refractivity contribution in [3.8, 4) is 17.4 Å². The predicted molar refractivity (Wildman–Crippen MR) is 106 cm³/mol. The number of thiophene rings is 1. The van der Waals surface area contributed by atoms with Gasteiger partial charge in [-0.05, 0) is 30.2 Å². The summed E-state index contributed by atoms with van der Waals surface area (Å²) in [5.41, 5.74) is 1.09. The van der Waals surface area contributed by atoms with Crippen molar-refractivity contribution in [2.24, 2.45) is 0 Å².